The van der Waals surface area contributed by atoms with Crippen LogP contribution in [0, 0.1) is 0 Å². The normalized spacial score (nSPS) is 14.6. The number of ether oxygens (including phenoxy) is 1. The molecule has 0 saturated carbocycles. The maximum absolute atomic E-state index is 11.5. The maximum atomic E-state index is 11.5. The lowest BCUT2D eigenvalue weighted by atomic mass is 9.93. The van der Waals surface area contributed by atoms with Crippen molar-refractivity contribution >= 4 is 6.09 Å². The van der Waals surface area contributed by atoms with Crippen LogP contribution in [0.1, 0.15) is 48.0 Å². The highest BCUT2D eigenvalue weighted by Crippen LogP contribution is 2.12. The predicted octanol–water partition coefficient (Wildman–Crippen LogP) is 2.03. The Kier molecular flexibility index (Phi) is 4.59. The molecule has 4 heteroatoms. The van der Waals surface area contributed by atoms with Gasteiger partial charge in [0.15, 0.2) is 0 Å². The first-order chi connectivity index (χ1) is 6.58. The van der Waals surface area contributed by atoms with Crippen molar-refractivity contribution < 1.29 is 9.53 Å². The third-order valence-corrected chi connectivity index (χ3v) is 2.19. The third-order valence-electron chi connectivity index (χ3n) is 2.19. The Balaban J connectivity index is 4.28. The average Bonchev–Trinajstić information content (AvgIpc) is 1.97. The number of amides is 1. The number of carbonyl (C=O) groups excluding carboxylic acids is 1. The number of carbonyl (C=O) groups is 1. The van der Waals surface area contributed by atoms with Gasteiger partial charge in [0.1, 0.15) is 5.60 Å². The van der Waals surface area contributed by atoms with Crippen LogP contribution in [-0.2, 0) is 4.74 Å². The Hall–Kier alpha value is -0.770. The summed E-state index contributed by atoms with van der Waals surface area (Å²) in [7, 11) is 0. The molecule has 1 unspecified atom stereocenters. The third kappa shape index (κ3) is 5.62. The van der Waals surface area contributed by atoms with E-state index >= 15 is 0 Å². The molecule has 1 atom stereocenters. The van der Waals surface area contributed by atoms with Crippen LogP contribution in [0.5, 0.6) is 0 Å². The van der Waals surface area contributed by atoms with E-state index in [0.717, 1.165) is 6.42 Å². The second kappa shape index (κ2) is 4.84. The van der Waals surface area contributed by atoms with E-state index in [1.54, 1.807) is 0 Å². The van der Waals surface area contributed by atoms with E-state index in [2.05, 4.69) is 5.32 Å². The smallest absolute Gasteiger partial charge is 0.408 e. The molecule has 0 aromatic heterocycles. The van der Waals surface area contributed by atoms with Crippen LogP contribution in [0.4, 0.5) is 4.79 Å². The zero-order valence-corrected chi connectivity index (χ0v) is 10.7. The topological polar surface area (TPSA) is 64.3 Å². The molecule has 0 aliphatic rings. The summed E-state index contributed by atoms with van der Waals surface area (Å²) in [6.45, 7) is 11.3. The minimum atomic E-state index is -0.476. The molecule has 0 bridgehead atoms. The van der Waals surface area contributed by atoms with Crippen LogP contribution in [0.2, 0.25) is 0 Å². The zero-order chi connectivity index (χ0) is 12.3. The Morgan fingerprint density at radius 3 is 2.13 bits per heavy atom. The van der Waals surface area contributed by atoms with Crippen molar-refractivity contribution in [2.75, 3.05) is 0 Å². The monoisotopic (exact) mass is 216 g/mol. The quantitative estimate of drug-likeness (QED) is 0.758. The van der Waals surface area contributed by atoms with Gasteiger partial charge >= 0.3 is 6.09 Å². The number of nitrogens with one attached hydrogen (secondary N) is 1. The van der Waals surface area contributed by atoms with Gasteiger partial charge in [-0.15, -0.1) is 0 Å². The van der Waals surface area contributed by atoms with Gasteiger partial charge in [0.05, 0.1) is 5.54 Å². The van der Waals surface area contributed by atoms with Gasteiger partial charge in [-0.2, -0.15) is 0 Å². The Morgan fingerprint density at radius 1 is 1.33 bits per heavy atom. The van der Waals surface area contributed by atoms with Gasteiger partial charge < -0.3 is 15.8 Å². The molecule has 0 rings (SSSR count). The second-order valence-corrected chi connectivity index (χ2v) is 5.36. The average molecular weight is 216 g/mol. The van der Waals surface area contributed by atoms with Crippen LogP contribution < -0.4 is 11.1 Å². The minimum Gasteiger partial charge on any atom is -0.444 e. The van der Waals surface area contributed by atoms with Gasteiger partial charge in [-0.3, -0.25) is 0 Å². The fourth-order valence-corrected chi connectivity index (χ4v) is 1.17. The van der Waals surface area contributed by atoms with Crippen molar-refractivity contribution in [2.24, 2.45) is 5.73 Å². The second-order valence-electron chi connectivity index (χ2n) is 5.36. The highest BCUT2D eigenvalue weighted by Gasteiger charge is 2.29. The van der Waals surface area contributed by atoms with E-state index in [0.29, 0.717) is 0 Å². The van der Waals surface area contributed by atoms with Gasteiger partial charge in [-0.25, -0.2) is 4.79 Å². The van der Waals surface area contributed by atoms with Crippen LogP contribution in [0.15, 0.2) is 0 Å². The molecular formula is C11H24N2O2. The van der Waals surface area contributed by atoms with Crippen molar-refractivity contribution in [3.63, 3.8) is 0 Å². The number of nitrogens with two attached hydrogens (primary N) is 1. The number of hydrogen-bond donors (Lipinski definition) is 2. The van der Waals surface area contributed by atoms with Crippen molar-refractivity contribution in [3.05, 3.63) is 0 Å². The van der Waals surface area contributed by atoms with Crippen molar-refractivity contribution in [1.29, 1.82) is 0 Å². The molecule has 15 heavy (non-hydrogen) atoms. The van der Waals surface area contributed by atoms with E-state index < -0.39 is 17.2 Å². The fourth-order valence-electron chi connectivity index (χ4n) is 1.17. The lowest BCUT2D eigenvalue weighted by Crippen LogP contribution is -2.56. The molecule has 0 aliphatic heterocycles. The molecule has 3 N–H and O–H groups in total. The molecule has 4 nitrogen and oxygen atoms in total. The van der Waals surface area contributed by atoms with E-state index in [-0.39, 0.29) is 6.04 Å². The molecule has 0 fully saturated rings. The van der Waals surface area contributed by atoms with Crippen molar-refractivity contribution in [1.82, 2.24) is 5.32 Å². The molecular weight excluding hydrogens is 192 g/mol. The van der Waals surface area contributed by atoms with Gasteiger partial charge in [0, 0.05) is 6.04 Å². The first-order valence-corrected chi connectivity index (χ1v) is 5.35. The summed E-state index contributed by atoms with van der Waals surface area (Å²) >= 11 is 0. The first kappa shape index (κ1) is 14.2. The Bertz CT molecular complexity index is 219. The van der Waals surface area contributed by atoms with Crippen LogP contribution in [-0.4, -0.2) is 23.3 Å². The summed E-state index contributed by atoms with van der Waals surface area (Å²) in [6, 6.07) is -0.0787. The molecule has 90 valence electrons. The molecule has 1 amide bonds. The SMILES string of the molecule is CCC(N)C(C)(C)NC(=O)OC(C)(C)C. The predicted molar refractivity (Wildman–Crippen MR) is 61.7 cm³/mol. The maximum Gasteiger partial charge on any atom is 0.408 e. The van der Waals surface area contributed by atoms with Gasteiger partial charge in [0.25, 0.3) is 0 Å². The Labute approximate surface area is 92.6 Å². The van der Waals surface area contributed by atoms with E-state index in [1.807, 2.05) is 41.5 Å². The molecule has 0 aromatic rings. The molecule has 0 spiro atoms. The summed E-state index contributed by atoms with van der Waals surface area (Å²) in [5, 5.41) is 2.78. The summed E-state index contributed by atoms with van der Waals surface area (Å²) in [5.41, 5.74) is 4.97. The van der Waals surface area contributed by atoms with Gasteiger partial charge in [0.2, 0.25) is 0 Å². The number of rotatable bonds is 3. The number of hydrogen-bond acceptors (Lipinski definition) is 3. The Morgan fingerprint density at radius 2 is 1.80 bits per heavy atom. The number of alkyl carbamates (subject to hydrolysis) is 1. The summed E-state index contributed by atoms with van der Waals surface area (Å²) in [4.78, 5) is 11.5. The van der Waals surface area contributed by atoms with Gasteiger partial charge in [-0.05, 0) is 41.0 Å². The zero-order valence-electron chi connectivity index (χ0n) is 10.7. The summed E-state index contributed by atoms with van der Waals surface area (Å²) in [6.07, 6.45) is 0.388. The first-order valence-electron chi connectivity index (χ1n) is 5.35. The largest absolute Gasteiger partial charge is 0.444 e. The van der Waals surface area contributed by atoms with E-state index in [1.165, 1.54) is 0 Å². The van der Waals surface area contributed by atoms with Crippen molar-refractivity contribution in [3.8, 4) is 0 Å². The van der Waals surface area contributed by atoms with Crippen LogP contribution >= 0.6 is 0 Å². The fraction of sp³-hybridized carbons (Fsp3) is 0.909. The standard InChI is InChI=1S/C11H24N2O2/c1-7-8(12)11(5,6)13-9(14)15-10(2,3)4/h8H,7,12H2,1-6H3,(H,13,14). The highest BCUT2D eigenvalue weighted by atomic mass is 16.6. The lowest BCUT2D eigenvalue weighted by molar-refractivity contribution is 0.0457. The molecule has 0 aliphatic carbocycles. The van der Waals surface area contributed by atoms with E-state index in [4.69, 9.17) is 10.5 Å². The van der Waals surface area contributed by atoms with E-state index in [9.17, 15) is 4.79 Å². The molecule has 0 heterocycles. The molecule has 0 aromatic carbocycles. The molecule has 0 radical (unpaired) electrons. The molecule has 0 saturated heterocycles. The lowest BCUT2D eigenvalue weighted by Gasteiger charge is -2.33. The van der Waals surface area contributed by atoms with Crippen molar-refractivity contribution in [2.45, 2.75) is 65.1 Å². The van der Waals surface area contributed by atoms with Crippen LogP contribution in [0.25, 0.3) is 0 Å². The minimum absolute atomic E-state index is 0.0787. The van der Waals surface area contributed by atoms with Crippen LogP contribution in [0.3, 0.4) is 0 Å². The highest BCUT2D eigenvalue weighted by molar-refractivity contribution is 5.68. The summed E-state index contributed by atoms with van der Waals surface area (Å²) < 4.78 is 5.16. The summed E-state index contributed by atoms with van der Waals surface area (Å²) in [5.74, 6) is 0. The van der Waals surface area contributed by atoms with Gasteiger partial charge in [-0.1, -0.05) is 6.92 Å².